The Kier molecular flexibility index (Phi) is 1.07. The fourth-order valence-electron chi connectivity index (χ4n) is 0.304. The fraction of sp³-hybridized carbons (Fsp3) is 0. The number of hydrogen-bond acceptors (Lipinski definition) is 2. The lowest BCUT2D eigenvalue weighted by Crippen LogP contribution is -1.80. The van der Waals surface area contributed by atoms with Crippen molar-refractivity contribution in [2.24, 2.45) is 0 Å². The van der Waals surface area contributed by atoms with E-state index in [0.29, 0.717) is 0 Å². The van der Waals surface area contributed by atoms with Gasteiger partial charge in [-0.15, -0.1) is 5.10 Å². The maximum absolute atomic E-state index is 11.9. The quantitative estimate of drug-likeness (QED) is 0.498. The van der Waals surface area contributed by atoms with Gasteiger partial charge in [0.15, 0.2) is 5.82 Å². The van der Waals surface area contributed by atoms with Crippen molar-refractivity contribution in [1.82, 2.24) is 10.2 Å². The molecule has 4 heteroatoms. The summed E-state index contributed by atoms with van der Waals surface area (Å²) in [5, 5.41) is 16.1. The molecule has 1 radical (unpaired) electrons. The Morgan fingerprint density at radius 1 is 1.62 bits per heavy atom. The second-order valence-electron chi connectivity index (χ2n) is 1.18. The Labute approximate surface area is 44.8 Å². The Morgan fingerprint density at radius 3 is 2.75 bits per heavy atom. The van der Waals surface area contributed by atoms with Crippen LogP contribution in [0.4, 0.5) is 4.39 Å². The lowest BCUT2D eigenvalue weighted by Gasteiger charge is -1.82. The highest BCUT2D eigenvalue weighted by Crippen LogP contribution is 2.06. The Bertz CT molecular complexity index is 170. The molecule has 1 aromatic heterocycles. The van der Waals surface area contributed by atoms with Crippen molar-refractivity contribution in [1.29, 1.82) is 0 Å². The third-order valence-corrected chi connectivity index (χ3v) is 0.640. The van der Waals surface area contributed by atoms with Crippen LogP contribution in [-0.4, -0.2) is 10.2 Å². The van der Waals surface area contributed by atoms with Gasteiger partial charge in [-0.05, 0) is 6.07 Å². The highest BCUT2D eigenvalue weighted by Gasteiger charge is 1.98. The lowest BCUT2D eigenvalue weighted by atomic mass is 10.5. The molecule has 0 spiro atoms. The third kappa shape index (κ3) is 0.726. The molecule has 1 aromatic rings. The topological polar surface area (TPSA) is 45.7 Å². The van der Waals surface area contributed by atoms with E-state index in [-0.39, 0.29) is 0 Å². The maximum Gasteiger partial charge on any atom is 0.324 e. The Balaban J connectivity index is 3.13. The van der Waals surface area contributed by atoms with Crippen LogP contribution in [0.25, 0.3) is 0 Å². The van der Waals surface area contributed by atoms with Gasteiger partial charge in [-0.3, -0.25) is 5.11 Å². The van der Waals surface area contributed by atoms with E-state index < -0.39 is 11.7 Å². The minimum Gasteiger partial charge on any atom is -0.262 e. The normalized spacial score (nSPS) is 9.12. The molecule has 0 aliphatic heterocycles. The van der Waals surface area contributed by atoms with Crippen molar-refractivity contribution < 1.29 is 9.50 Å². The molecule has 0 aliphatic rings. The first-order valence-corrected chi connectivity index (χ1v) is 1.95. The second-order valence-corrected chi connectivity index (χ2v) is 1.18. The first-order valence-electron chi connectivity index (χ1n) is 1.95. The van der Waals surface area contributed by atoms with Crippen molar-refractivity contribution in [3.8, 4) is 5.88 Å². The average Bonchev–Trinajstić information content (AvgIpc) is 1.77. The molecule has 41 valence electrons. The van der Waals surface area contributed by atoms with E-state index in [9.17, 15) is 9.50 Å². The molecule has 8 heavy (non-hydrogen) atoms. The SMILES string of the molecule is [O]c1nnccc1F. The molecule has 0 atom stereocenters. The maximum atomic E-state index is 11.9. The summed E-state index contributed by atoms with van der Waals surface area (Å²) < 4.78 is 11.9. The van der Waals surface area contributed by atoms with E-state index in [1.54, 1.807) is 0 Å². The summed E-state index contributed by atoms with van der Waals surface area (Å²) in [7, 11) is 0. The van der Waals surface area contributed by atoms with Crippen LogP contribution in [-0.2, 0) is 5.11 Å². The molecule has 0 saturated heterocycles. The van der Waals surface area contributed by atoms with Crippen LogP contribution in [0.1, 0.15) is 0 Å². The molecule has 0 aromatic carbocycles. The van der Waals surface area contributed by atoms with Crippen molar-refractivity contribution >= 4 is 0 Å². The number of nitrogens with zero attached hydrogens (tertiary/aromatic N) is 2. The predicted octanol–water partition coefficient (Wildman–Crippen LogP) is 0.759. The molecule has 1 heterocycles. The van der Waals surface area contributed by atoms with Gasteiger partial charge in [0.25, 0.3) is 0 Å². The van der Waals surface area contributed by atoms with Gasteiger partial charge in [0.1, 0.15) is 0 Å². The summed E-state index contributed by atoms with van der Waals surface area (Å²) in [6, 6.07) is 0.968. The predicted molar refractivity (Wildman–Crippen MR) is 22.1 cm³/mol. The van der Waals surface area contributed by atoms with Crippen LogP contribution in [0.3, 0.4) is 0 Å². The molecule has 0 N–H and O–H groups in total. The van der Waals surface area contributed by atoms with E-state index >= 15 is 0 Å². The van der Waals surface area contributed by atoms with Crippen LogP contribution in [0.2, 0.25) is 0 Å². The number of hydrogen-bond donors (Lipinski definition) is 0. The molecule has 1 rings (SSSR count). The summed E-state index contributed by atoms with van der Waals surface area (Å²) in [6.45, 7) is 0. The lowest BCUT2D eigenvalue weighted by molar-refractivity contribution is 0.306. The summed E-state index contributed by atoms with van der Waals surface area (Å²) in [6.07, 6.45) is 1.12. The standard InChI is InChI=1S/C4H2FN2O/c5-3-1-2-6-7-4(3)8/h1-2H. The highest BCUT2D eigenvalue weighted by atomic mass is 19.1. The van der Waals surface area contributed by atoms with E-state index in [1.807, 2.05) is 0 Å². The Hall–Kier alpha value is -1.19. The number of aromatic nitrogens is 2. The molecule has 0 unspecified atom stereocenters. The molecule has 3 nitrogen and oxygen atoms in total. The smallest absolute Gasteiger partial charge is 0.262 e. The number of rotatable bonds is 0. The van der Waals surface area contributed by atoms with Gasteiger partial charge in [-0.1, -0.05) is 0 Å². The van der Waals surface area contributed by atoms with E-state index in [4.69, 9.17) is 0 Å². The molecule has 0 saturated carbocycles. The van der Waals surface area contributed by atoms with Gasteiger partial charge < -0.3 is 0 Å². The molecule has 0 fully saturated rings. The highest BCUT2D eigenvalue weighted by molar-refractivity contribution is 5.05. The van der Waals surface area contributed by atoms with Crippen LogP contribution < -0.4 is 0 Å². The van der Waals surface area contributed by atoms with Gasteiger partial charge in [-0.25, -0.2) is 4.39 Å². The van der Waals surface area contributed by atoms with Crippen LogP contribution in [0.15, 0.2) is 12.3 Å². The van der Waals surface area contributed by atoms with Gasteiger partial charge >= 0.3 is 5.88 Å². The average molecular weight is 113 g/mol. The summed E-state index contributed by atoms with van der Waals surface area (Å²) in [4.78, 5) is 0. The minimum atomic E-state index is -0.910. The first kappa shape index (κ1) is 4.96. The largest absolute Gasteiger partial charge is 0.324 e. The van der Waals surface area contributed by atoms with Crippen molar-refractivity contribution in [3.05, 3.63) is 18.1 Å². The molecular formula is C4H2FN2O. The summed E-state index contributed by atoms with van der Waals surface area (Å²) >= 11 is 0. The van der Waals surface area contributed by atoms with Crippen LogP contribution in [0.5, 0.6) is 5.88 Å². The molecule has 0 amide bonds. The van der Waals surface area contributed by atoms with Gasteiger partial charge in [0, 0.05) is 0 Å². The third-order valence-electron chi connectivity index (χ3n) is 0.640. The van der Waals surface area contributed by atoms with Crippen LogP contribution >= 0.6 is 0 Å². The fourth-order valence-corrected chi connectivity index (χ4v) is 0.304. The minimum absolute atomic E-state index is 0.861. The summed E-state index contributed by atoms with van der Waals surface area (Å²) in [5.41, 5.74) is 0. The van der Waals surface area contributed by atoms with Crippen molar-refractivity contribution in [2.75, 3.05) is 0 Å². The van der Waals surface area contributed by atoms with Crippen molar-refractivity contribution in [2.45, 2.75) is 0 Å². The zero-order chi connectivity index (χ0) is 5.98. The Morgan fingerprint density at radius 2 is 2.38 bits per heavy atom. The monoisotopic (exact) mass is 113 g/mol. The molecule has 0 aliphatic carbocycles. The van der Waals surface area contributed by atoms with Crippen LogP contribution in [0, 0.1) is 5.82 Å². The van der Waals surface area contributed by atoms with Crippen molar-refractivity contribution in [3.63, 3.8) is 0 Å². The van der Waals surface area contributed by atoms with E-state index in [1.165, 1.54) is 0 Å². The van der Waals surface area contributed by atoms with Gasteiger partial charge in [0.2, 0.25) is 0 Å². The van der Waals surface area contributed by atoms with Gasteiger partial charge in [0.05, 0.1) is 6.20 Å². The van der Waals surface area contributed by atoms with E-state index in [0.717, 1.165) is 12.3 Å². The van der Waals surface area contributed by atoms with Gasteiger partial charge in [-0.2, -0.15) is 5.10 Å². The summed E-state index contributed by atoms with van der Waals surface area (Å²) in [5.74, 6) is -1.77. The van der Waals surface area contributed by atoms with E-state index in [2.05, 4.69) is 10.2 Å². The first-order chi connectivity index (χ1) is 3.80. The number of halogens is 1. The molecule has 0 bridgehead atoms. The molecular weight excluding hydrogens is 111 g/mol. The second kappa shape index (κ2) is 1.73. The zero-order valence-electron chi connectivity index (χ0n) is 3.84. The zero-order valence-corrected chi connectivity index (χ0v) is 3.84.